The van der Waals surface area contributed by atoms with Crippen LogP contribution in [0.3, 0.4) is 0 Å². The van der Waals surface area contributed by atoms with E-state index in [0.717, 1.165) is 24.6 Å². The number of hydrogen-bond donors (Lipinski definition) is 2. The van der Waals surface area contributed by atoms with Gasteiger partial charge in [0.2, 0.25) is 0 Å². The zero-order valence-electron chi connectivity index (χ0n) is 11.1. The molecular formula is C11H19N3O4S. The molecule has 0 aliphatic rings. The van der Waals surface area contributed by atoms with Crippen LogP contribution in [0.2, 0.25) is 0 Å². The molecule has 108 valence electrons. The third kappa shape index (κ3) is 4.48. The maximum atomic E-state index is 10.6. The van der Waals surface area contributed by atoms with E-state index < -0.39 is 5.97 Å². The van der Waals surface area contributed by atoms with Gasteiger partial charge in [-0.3, -0.25) is 9.36 Å². The summed E-state index contributed by atoms with van der Waals surface area (Å²) >= 11 is 1.09. The van der Waals surface area contributed by atoms with Crippen molar-refractivity contribution in [2.45, 2.75) is 37.6 Å². The predicted molar refractivity (Wildman–Crippen MR) is 70.1 cm³/mol. The van der Waals surface area contributed by atoms with Crippen LogP contribution in [0.1, 0.15) is 31.6 Å². The number of aromatic nitrogens is 3. The molecule has 7 nitrogen and oxygen atoms in total. The Balaban J connectivity index is 2.97. The first kappa shape index (κ1) is 15.9. The molecule has 1 rings (SSSR count). The summed E-state index contributed by atoms with van der Waals surface area (Å²) in [5.41, 5.74) is 0. The average molecular weight is 289 g/mol. The Hall–Kier alpha value is -1.12. The van der Waals surface area contributed by atoms with E-state index in [2.05, 4.69) is 17.1 Å². The molecule has 0 fully saturated rings. The lowest BCUT2D eigenvalue weighted by molar-refractivity contribution is -0.133. The molecule has 0 saturated carbocycles. The molecular weight excluding hydrogens is 270 g/mol. The number of carboxylic acid groups (broad SMARTS) is 1. The third-order valence-electron chi connectivity index (χ3n) is 2.55. The van der Waals surface area contributed by atoms with Crippen LogP contribution >= 0.6 is 11.8 Å². The summed E-state index contributed by atoms with van der Waals surface area (Å²) in [5.74, 6) is -0.567. The lowest BCUT2D eigenvalue weighted by Gasteiger charge is -2.20. The topological polar surface area (TPSA) is 97.5 Å². The lowest BCUT2D eigenvalue weighted by atomic mass is 10.2. The summed E-state index contributed by atoms with van der Waals surface area (Å²) in [4.78, 5) is 10.6. The second kappa shape index (κ2) is 8.13. The molecule has 0 aliphatic heterocycles. The number of ether oxygens (including phenoxy) is 1. The van der Waals surface area contributed by atoms with Gasteiger partial charge >= 0.3 is 5.97 Å². The van der Waals surface area contributed by atoms with Crippen LogP contribution in [0.15, 0.2) is 5.16 Å². The molecule has 0 bridgehead atoms. The maximum absolute atomic E-state index is 10.6. The van der Waals surface area contributed by atoms with E-state index in [0.29, 0.717) is 17.6 Å². The minimum atomic E-state index is -0.913. The van der Waals surface area contributed by atoms with Crippen LogP contribution in [0.5, 0.6) is 0 Å². The number of carbonyl (C=O) groups is 1. The Kier molecular flexibility index (Phi) is 6.82. The van der Waals surface area contributed by atoms with Crippen LogP contribution in [0, 0.1) is 0 Å². The molecule has 2 N–H and O–H groups in total. The van der Waals surface area contributed by atoms with Crippen LogP contribution in [-0.4, -0.2) is 50.4 Å². The van der Waals surface area contributed by atoms with Crippen molar-refractivity contribution in [2.75, 3.05) is 19.5 Å². The number of aliphatic carboxylic acids is 1. The molecule has 0 aliphatic carbocycles. The molecule has 19 heavy (non-hydrogen) atoms. The number of aliphatic hydroxyl groups is 1. The minimum absolute atomic E-state index is 0.00319. The molecule has 1 aromatic rings. The number of nitrogens with zero attached hydrogens (tertiary/aromatic N) is 3. The van der Waals surface area contributed by atoms with Gasteiger partial charge in [0, 0.05) is 7.11 Å². The molecule has 0 saturated heterocycles. The number of thioether (sulfide) groups is 1. The largest absolute Gasteiger partial charge is 0.481 e. The van der Waals surface area contributed by atoms with E-state index in [1.807, 2.05) is 0 Å². The van der Waals surface area contributed by atoms with Gasteiger partial charge in [0.25, 0.3) is 0 Å². The Morgan fingerprint density at radius 3 is 2.79 bits per heavy atom. The first-order chi connectivity index (χ1) is 9.13. The van der Waals surface area contributed by atoms with Gasteiger partial charge in [0.15, 0.2) is 11.0 Å². The maximum Gasteiger partial charge on any atom is 0.313 e. The molecule has 1 heterocycles. The van der Waals surface area contributed by atoms with Crippen LogP contribution in [0.25, 0.3) is 0 Å². The van der Waals surface area contributed by atoms with Gasteiger partial charge in [-0.25, -0.2) is 0 Å². The molecule has 1 aromatic heterocycles. The molecule has 1 atom stereocenters. The molecule has 0 spiro atoms. The second-order valence-corrected chi connectivity index (χ2v) is 4.95. The van der Waals surface area contributed by atoms with Crippen molar-refractivity contribution in [2.24, 2.45) is 0 Å². The zero-order chi connectivity index (χ0) is 14.3. The van der Waals surface area contributed by atoms with E-state index in [-0.39, 0.29) is 18.4 Å². The fourth-order valence-corrected chi connectivity index (χ4v) is 2.56. The van der Waals surface area contributed by atoms with Crippen LogP contribution in [0.4, 0.5) is 0 Å². The number of carboxylic acids is 1. The first-order valence-electron chi connectivity index (χ1n) is 6.02. The average Bonchev–Trinajstić information content (AvgIpc) is 2.78. The summed E-state index contributed by atoms with van der Waals surface area (Å²) in [7, 11) is 1.61. The summed E-state index contributed by atoms with van der Waals surface area (Å²) < 4.78 is 6.96. The number of methoxy groups -OCH3 is 1. The second-order valence-electron chi connectivity index (χ2n) is 4.01. The van der Waals surface area contributed by atoms with E-state index in [1.165, 1.54) is 0 Å². The highest BCUT2D eigenvalue weighted by Crippen LogP contribution is 2.25. The minimum Gasteiger partial charge on any atom is -0.481 e. The van der Waals surface area contributed by atoms with E-state index in [4.69, 9.17) is 9.84 Å². The van der Waals surface area contributed by atoms with Crippen molar-refractivity contribution in [3.8, 4) is 0 Å². The Bertz CT molecular complexity index is 405. The lowest BCUT2D eigenvalue weighted by Crippen LogP contribution is -2.18. The molecule has 1 unspecified atom stereocenters. The Morgan fingerprint density at radius 1 is 1.53 bits per heavy atom. The summed E-state index contributed by atoms with van der Waals surface area (Å²) in [6, 6.07) is 0.00319. The summed E-state index contributed by atoms with van der Waals surface area (Å²) in [6.45, 7) is 2.29. The van der Waals surface area contributed by atoms with Gasteiger partial charge in [0.05, 0.1) is 18.4 Å². The first-order valence-corrected chi connectivity index (χ1v) is 7.00. The number of aliphatic hydroxyl groups excluding tert-OH is 1. The van der Waals surface area contributed by atoms with Gasteiger partial charge in [-0.05, 0) is 6.42 Å². The number of hydrogen-bond acceptors (Lipinski definition) is 6. The Labute approximate surface area is 116 Å². The highest BCUT2D eigenvalue weighted by Gasteiger charge is 2.20. The Morgan fingerprint density at radius 2 is 2.26 bits per heavy atom. The van der Waals surface area contributed by atoms with E-state index in [1.54, 1.807) is 11.7 Å². The highest BCUT2D eigenvalue weighted by atomic mass is 32.2. The van der Waals surface area contributed by atoms with Gasteiger partial charge in [-0.2, -0.15) is 0 Å². The summed E-state index contributed by atoms with van der Waals surface area (Å²) in [5, 5.41) is 26.4. The number of rotatable bonds is 9. The molecule has 0 amide bonds. The van der Waals surface area contributed by atoms with Crippen LogP contribution in [-0.2, 0) is 16.1 Å². The van der Waals surface area contributed by atoms with Gasteiger partial charge in [0.1, 0.15) is 6.61 Å². The van der Waals surface area contributed by atoms with Gasteiger partial charge in [-0.15, -0.1) is 10.2 Å². The molecule has 8 heteroatoms. The summed E-state index contributed by atoms with van der Waals surface area (Å²) in [6.07, 6.45) is 1.79. The van der Waals surface area contributed by atoms with E-state index >= 15 is 0 Å². The fraction of sp³-hybridized carbons (Fsp3) is 0.727. The quantitative estimate of drug-likeness (QED) is 0.653. The molecule has 0 aromatic carbocycles. The predicted octanol–water partition coefficient (Wildman–Crippen LogP) is 0.935. The fourth-order valence-electron chi connectivity index (χ4n) is 1.82. The van der Waals surface area contributed by atoms with Crippen molar-refractivity contribution in [3.63, 3.8) is 0 Å². The normalized spacial score (nSPS) is 12.6. The van der Waals surface area contributed by atoms with Crippen molar-refractivity contribution in [1.29, 1.82) is 0 Å². The van der Waals surface area contributed by atoms with Gasteiger partial charge < -0.3 is 14.9 Å². The van der Waals surface area contributed by atoms with Crippen molar-refractivity contribution < 1.29 is 19.7 Å². The molecule has 0 radical (unpaired) electrons. The zero-order valence-corrected chi connectivity index (χ0v) is 11.9. The van der Waals surface area contributed by atoms with Crippen molar-refractivity contribution in [1.82, 2.24) is 14.8 Å². The van der Waals surface area contributed by atoms with E-state index in [9.17, 15) is 9.90 Å². The highest BCUT2D eigenvalue weighted by molar-refractivity contribution is 7.99. The smallest absolute Gasteiger partial charge is 0.313 e. The van der Waals surface area contributed by atoms with Crippen molar-refractivity contribution in [3.05, 3.63) is 5.82 Å². The third-order valence-corrected chi connectivity index (χ3v) is 3.48. The van der Waals surface area contributed by atoms with Crippen molar-refractivity contribution >= 4 is 17.7 Å². The SMILES string of the molecule is CCCC(COC)n1c(CO)nnc1SCC(=O)O. The van der Waals surface area contributed by atoms with Gasteiger partial charge in [-0.1, -0.05) is 25.1 Å². The van der Waals surface area contributed by atoms with Crippen LogP contribution < -0.4 is 0 Å². The monoisotopic (exact) mass is 289 g/mol. The standard InChI is InChI=1S/C11H19N3O4S/c1-3-4-8(6-18-2)14-9(5-15)12-13-11(14)19-7-10(16)17/h8,15H,3-7H2,1-2H3,(H,16,17).